The van der Waals surface area contributed by atoms with Crippen LogP contribution in [0.4, 0.5) is 0 Å². The van der Waals surface area contributed by atoms with Crippen molar-refractivity contribution >= 4 is 17.0 Å². The molecule has 4 rings (SSSR count). The molecular formula is C22H24N2O4. The van der Waals surface area contributed by atoms with E-state index in [1.54, 1.807) is 26.4 Å². The number of hydrogen-bond donors (Lipinski definition) is 0. The van der Waals surface area contributed by atoms with Crippen LogP contribution >= 0.6 is 0 Å². The number of likely N-dealkylation sites (tertiary alicyclic amines) is 1. The predicted octanol–water partition coefficient (Wildman–Crippen LogP) is 4.17. The monoisotopic (exact) mass is 380 g/mol. The number of rotatable bonds is 4. The summed E-state index contributed by atoms with van der Waals surface area (Å²) in [4.78, 5) is 19.5. The Bertz CT molecular complexity index is 945. The van der Waals surface area contributed by atoms with Gasteiger partial charge in [-0.1, -0.05) is 12.1 Å². The summed E-state index contributed by atoms with van der Waals surface area (Å²) < 4.78 is 16.7. The lowest BCUT2D eigenvalue weighted by Crippen LogP contribution is -2.38. The predicted molar refractivity (Wildman–Crippen MR) is 106 cm³/mol. The summed E-state index contributed by atoms with van der Waals surface area (Å²) in [5, 5.41) is 0. The molecule has 2 aromatic carbocycles. The van der Waals surface area contributed by atoms with Gasteiger partial charge in [0, 0.05) is 30.1 Å². The number of piperidine rings is 1. The summed E-state index contributed by atoms with van der Waals surface area (Å²) in [6, 6.07) is 11.4. The molecule has 2 heterocycles. The van der Waals surface area contributed by atoms with Crippen molar-refractivity contribution in [1.82, 2.24) is 9.88 Å². The highest BCUT2D eigenvalue weighted by molar-refractivity contribution is 5.95. The molecule has 1 amide bonds. The van der Waals surface area contributed by atoms with E-state index in [0.717, 1.165) is 35.4 Å². The zero-order chi connectivity index (χ0) is 19.7. The third-order valence-electron chi connectivity index (χ3n) is 5.44. The molecule has 1 aliphatic heterocycles. The fourth-order valence-electron chi connectivity index (χ4n) is 3.79. The van der Waals surface area contributed by atoms with Crippen LogP contribution in [-0.4, -0.2) is 43.1 Å². The van der Waals surface area contributed by atoms with Crippen molar-refractivity contribution in [2.75, 3.05) is 27.3 Å². The number of oxazole rings is 1. The van der Waals surface area contributed by atoms with Gasteiger partial charge >= 0.3 is 0 Å². The molecule has 1 aromatic heterocycles. The Labute approximate surface area is 164 Å². The summed E-state index contributed by atoms with van der Waals surface area (Å²) in [7, 11) is 3.20. The first-order valence-electron chi connectivity index (χ1n) is 9.48. The summed E-state index contributed by atoms with van der Waals surface area (Å²) in [6.07, 6.45) is 1.66. The van der Waals surface area contributed by atoms with Crippen LogP contribution in [0.3, 0.4) is 0 Å². The number of carbonyl (C=O) groups is 1. The first kappa shape index (κ1) is 18.3. The van der Waals surface area contributed by atoms with Crippen molar-refractivity contribution in [3.8, 4) is 11.5 Å². The van der Waals surface area contributed by atoms with Crippen molar-refractivity contribution in [1.29, 1.82) is 0 Å². The Morgan fingerprint density at radius 1 is 1.11 bits per heavy atom. The van der Waals surface area contributed by atoms with Crippen molar-refractivity contribution < 1.29 is 18.7 Å². The standard InChI is InChI=1S/C22H24N2O4/c1-14-19(26-2)12-16(13-20(14)27-3)22(25)24-10-8-15(9-11-24)21-23-17-6-4-5-7-18(17)28-21/h4-7,12-13,15H,8-11H2,1-3H3. The van der Waals surface area contributed by atoms with Gasteiger partial charge in [-0.15, -0.1) is 0 Å². The highest BCUT2D eigenvalue weighted by Gasteiger charge is 2.28. The van der Waals surface area contributed by atoms with Crippen molar-refractivity contribution in [2.24, 2.45) is 0 Å². The second kappa shape index (κ2) is 7.54. The first-order chi connectivity index (χ1) is 13.6. The van der Waals surface area contributed by atoms with Crippen LogP contribution in [0.2, 0.25) is 0 Å². The van der Waals surface area contributed by atoms with Crippen molar-refractivity contribution in [2.45, 2.75) is 25.7 Å². The SMILES string of the molecule is COc1cc(C(=O)N2CCC(c3nc4ccccc4o3)CC2)cc(OC)c1C. The molecule has 146 valence electrons. The zero-order valence-corrected chi connectivity index (χ0v) is 16.4. The number of fused-ring (bicyclic) bond motifs is 1. The summed E-state index contributed by atoms with van der Waals surface area (Å²) >= 11 is 0. The maximum absolute atomic E-state index is 13.0. The lowest BCUT2D eigenvalue weighted by molar-refractivity contribution is 0.0706. The molecule has 0 saturated carbocycles. The van der Waals surface area contributed by atoms with Gasteiger partial charge in [0.2, 0.25) is 0 Å². The van der Waals surface area contributed by atoms with Crippen LogP contribution in [0.1, 0.15) is 40.6 Å². The second-order valence-corrected chi connectivity index (χ2v) is 7.09. The van der Waals surface area contributed by atoms with E-state index in [9.17, 15) is 4.79 Å². The van der Waals surface area contributed by atoms with E-state index in [-0.39, 0.29) is 11.8 Å². The zero-order valence-electron chi connectivity index (χ0n) is 16.4. The maximum Gasteiger partial charge on any atom is 0.254 e. The molecule has 0 bridgehead atoms. The van der Waals surface area contributed by atoms with E-state index in [1.807, 2.05) is 36.1 Å². The van der Waals surface area contributed by atoms with E-state index in [4.69, 9.17) is 13.9 Å². The molecule has 0 N–H and O–H groups in total. The van der Waals surface area contributed by atoms with Crippen LogP contribution in [-0.2, 0) is 0 Å². The Morgan fingerprint density at radius 2 is 1.75 bits per heavy atom. The molecule has 0 atom stereocenters. The lowest BCUT2D eigenvalue weighted by atomic mass is 9.96. The van der Waals surface area contributed by atoms with Crippen LogP contribution in [0.25, 0.3) is 11.1 Å². The van der Waals surface area contributed by atoms with Gasteiger partial charge < -0.3 is 18.8 Å². The van der Waals surface area contributed by atoms with E-state index >= 15 is 0 Å². The van der Waals surface area contributed by atoms with Gasteiger partial charge in [-0.2, -0.15) is 0 Å². The molecule has 1 saturated heterocycles. The fourth-order valence-corrected chi connectivity index (χ4v) is 3.79. The number of nitrogens with zero attached hydrogens (tertiary/aromatic N) is 2. The van der Waals surface area contributed by atoms with Crippen molar-refractivity contribution in [3.63, 3.8) is 0 Å². The highest BCUT2D eigenvalue weighted by Crippen LogP contribution is 2.33. The summed E-state index contributed by atoms with van der Waals surface area (Å²) in [5.41, 5.74) is 3.17. The lowest BCUT2D eigenvalue weighted by Gasteiger charge is -2.31. The van der Waals surface area contributed by atoms with Gasteiger partial charge in [0.05, 0.1) is 14.2 Å². The van der Waals surface area contributed by atoms with Crippen LogP contribution in [0.15, 0.2) is 40.8 Å². The average Bonchev–Trinajstić information content (AvgIpc) is 3.18. The molecule has 0 radical (unpaired) electrons. The van der Waals surface area contributed by atoms with Gasteiger partial charge in [0.15, 0.2) is 11.5 Å². The number of ether oxygens (including phenoxy) is 2. The minimum absolute atomic E-state index is 0.00684. The maximum atomic E-state index is 13.0. The summed E-state index contributed by atoms with van der Waals surface area (Å²) in [6.45, 7) is 3.25. The molecule has 3 aromatic rings. The van der Waals surface area contributed by atoms with E-state index in [1.165, 1.54) is 0 Å². The molecule has 0 unspecified atom stereocenters. The normalized spacial score (nSPS) is 15.0. The van der Waals surface area contributed by atoms with Gasteiger partial charge in [-0.25, -0.2) is 4.98 Å². The third kappa shape index (κ3) is 3.30. The van der Waals surface area contributed by atoms with E-state index in [2.05, 4.69) is 4.98 Å². The van der Waals surface area contributed by atoms with Gasteiger partial charge in [0.1, 0.15) is 17.0 Å². The molecule has 1 aliphatic rings. The molecule has 6 nitrogen and oxygen atoms in total. The number of amides is 1. The van der Waals surface area contributed by atoms with Crippen LogP contribution in [0, 0.1) is 6.92 Å². The Balaban J connectivity index is 1.48. The average molecular weight is 380 g/mol. The number of aromatic nitrogens is 1. The van der Waals surface area contributed by atoms with Gasteiger partial charge in [0.25, 0.3) is 5.91 Å². The number of para-hydroxylation sites is 2. The quantitative estimate of drug-likeness (QED) is 0.680. The Morgan fingerprint density at radius 3 is 2.36 bits per heavy atom. The van der Waals surface area contributed by atoms with E-state index in [0.29, 0.717) is 30.2 Å². The smallest absolute Gasteiger partial charge is 0.254 e. The topological polar surface area (TPSA) is 64.8 Å². The number of hydrogen-bond acceptors (Lipinski definition) is 5. The molecule has 6 heteroatoms. The summed E-state index contributed by atoms with van der Waals surface area (Å²) in [5.74, 6) is 2.31. The second-order valence-electron chi connectivity index (χ2n) is 7.09. The third-order valence-corrected chi connectivity index (χ3v) is 5.44. The number of methoxy groups -OCH3 is 2. The van der Waals surface area contributed by atoms with Gasteiger partial charge in [-0.05, 0) is 44.0 Å². The van der Waals surface area contributed by atoms with Crippen LogP contribution in [0.5, 0.6) is 11.5 Å². The number of carbonyl (C=O) groups excluding carboxylic acids is 1. The van der Waals surface area contributed by atoms with Gasteiger partial charge in [-0.3, -0.25) is 4.79 Å². The highest BCUT2D eigenvalue weighted by atomic mass is 16.5. The molecule has 28 heavy (non-hydrogen) atoms. The molecule has 0 aliphatic carbocycles. The molecule has 0 spiro atoms. The molecular weight excluding hydrogens is 356 g/mol. The molecule has 1 fully saturated rings. The first-order valence-corrected chi connectivity index (χ1v) is 9.48. The minimum Gasteiger partial charge on any atom is -0.496 e. The Hall–Kier alpha value is -3.02. The van der Waals surface area contributed by atoms with Crippen LogP contribution < -0.4 is 9.47 Å². The van der Waals surface area contributed by atoms with Crippen molar-refractivity contribution in [3.05, 3.63) is 53.4 Å². The minimum atomic E-state index is -0.00684. The Kier molecular flexibility index (Phi) is 4.94. The van der Waals surface area contributed by atoms with E-state index < -0.39 is 0 Å². The fraction of sp³-hybridized carbons (Fsp3) is 0.364. The largest absolute Gasteiger partial charge is 0.496 e. The number of benzene rings is 2.